The van der Waals surface area contributed by atoms with Gasteiger partial charge < -0.3 is 10.4 Å². The predicted octanol–water partition coefficient (Wildman–Crippen LogP) is 2.23. The van der Waals surface area contributed by atoms with Crippen LogP contribution in [0, 0.1) is 0 Å². The van der Waals surface area contributed by atoms with Crippen LogP contribution in [0.2, 0.25) is 0 Å². The van der Waals surface area contributed by atoms with E-state index < -0.39 is 0 Å². The Hall–Kier alpha value is -1.97. The maximum Gasteiger partial charge on any atom is 0.115 e. The number of hydrogen-bond acceptors (Lipinski definition) is 3. The Morgan fingerprint density at radius 3 is 3.12 bits per heavy atom. The van der Waals surface area contributed by atoms with Crippen molar-refractivity contribution in [2.75, 3.05) is 5.32 Å². The molecule has 4 heteroatoms. The number of aryl methyl sites for hydroxylation is 2. The molecule has 2 aromatic rings. The highest BCUT2D eigenvalue weighted by atomic mass is 16.3. The Morgan fingerprint density at radius 2 is 2.35 bits per heavy atom. The summed E-state index contributed by atoms with van der Waals surface area (Å²) >= 11 is 0. The van der Waals surface area contributed by atoms with Crippen molar-refractivity contribution in [3.05, 3.63) is 41.7 Å². The predicted molar refractivity (Wildman–Crippen MR) is 66.0 cm³/mol. The summed E-state index contributed by atoms with van der Waals surface area (Å²) in [6, 6.07) is 5.95. The van der Waals surface area contributed by atoms with E-state index in [1.54, 1.807) is 10.7 Å². The van der Waals surface area contributed by atoms with E-state index in [1.807, 2.05) is 31.6 Å². The molecule has 17 heavy (non-hydrogen) atoms. The summed E-state index contributed by atoms with van der Waals surface area (Å²) in [5.41, 5.74) is 3.57. The third-order valence-corrected chi connectivity index (χ3v) is 3.25. The van der Waals surface area contributed by atoms with Gasteiger partial charge in [0, 0.05) is 13.2 Å². The molecular formula is C13H15N3O. The molecular weight excluding hydrogens is 214 g/mol. The van der Waals surface area contributed by atoms with Crippen molar-refractivity contribution in [2.45, 2.75) is 18.9 Å². The number of fused-ring (bicyclic) bond motifs is 1. The lowest BCUT2D eigenvalue weighted by atomic mass is 10.1. The number of rotatable bonds is 2. The molecule has 0 spiro atoms. The minimum absolute atomic E-state index is 0.329. The average Bonchev–Trinajstić information content (AvgIpc) is 2.86. The van der Waals surface area contributed by atoms with Gasteiger partial charge in [0.25, 0.3) is 0 Å². The van der Waals surface area contributed by atoms with Crippen LogP contribution in [-0.4, -0.2) is 14.9 Å². The first-order valence-corrected chi connectivity index (χ1v) is 5.79. The first-order chi connectivity index (χ1) is 8.22. The fraction of sp³-hybridized carbons (Fsp3) is 0.308. The second-order valence-electron chi connectivity index (χ2n) is 4.52. The van der Waals surface area contributed by atoms with Crippen LogP contribution in [0.5, 0.6) is 5.75 Å². The van der Waals surface area contributed by atoms with Gasteiger partial charge in [-0.1, -0.05) is 6.07 Å². The fourth-order valence-electron chi connectivity index (χ4n) is 2.45. The zero-order chi connectivity index (χ0) is 11.8. The van der Waals surface area contributed by atoms with E-state index in [-0.39, 0.29) is 0 Å². The van der Waals surface area contributed by atoms with Crippen LogP contribution in [-0.2, 0) is 13.5 Å². The van der Waals surface area contributed by atoms with Crippen LogP contribution in [0.25, 0.3) is 0 Å². The zero-order valence-corrected chi connectivity index (χ0v) is 9.72. The molecule has 0 aliphatic heterocycles. The average molecular weight is 229 g/mol. The van der Waals surface area contributed by atoms with E-state index in [9.17, 15) is 5.11 Å². The SMILES string of the molecule is Cn1cc(NC2CCc3cc(O)ccc32)cn1. The Bertz CT molecular complexity index is 547. The van der Waals surface area contributed by atoms with Gasteiger partial charge in [-0.2, -0.15) is 5.10 Å². The molecule has 1 aliphatic rings. The van der Waals surface area contributed by atoms with Crippen molar-refractivity contribution >= 4 is 5.69 Å². The molecule has 0 fully saturated rings. The summed E-state index contributed by atoms with van der Waals surface area (Å²) in [6.45, 7) is 0. The minimum atomic E-state index is 0.329. The van der Waals surface area contributed by atoms with Crippen LogP contribution in [0.1, 0.15) is 23.6 Å². The lowest BCUT2D eigenvalue weighted by molar-refractivity contribution is 0.474. The molecule has 1 unspecified atom stereocenters. The highest BCUT2D eigenvalue weighted by molar-refractivity contribution is 5.47. The summed E-state index contributed by atoms with van der Waals surface area (Å²) in [5.74, 6) is 0.353. The smallest absolute Gasteiger partial charge is 0.115 e. The number of anilines is 1. The summed E-state index contributed by atoms with van der Waals surface area (Å²) in [4.78, 5) is 0. The largest absolute Gasteiger partial charge is 0.508 e. The van der Waals surface area contributed by atoms with Crippen molar-refractivity contribution in [3.8, 4) is 5.75 Å². The molecule has 1 heterocycles. The topological polar surface area (TPSA) is 50.1 Å². The quantitative estimate of drug-likeness (QED) is 0.830. The summed E-state index contributed by atoms with van der Waals surface area (Å²) < 4.78 is 1.79. The minimum Gasteiger partial charge on any atom is -0.508 e. The van der Waals surface area contributed by atoms with Crippen LogP contribution in [0.4, 0.5) is 5.69 Å². The third-order valence-electron chi connectivity index (χ3n) is 3.25. The Balaban J connectivity index is 1.84. The molecule has 0 saturated carbocycles. The van der Waals surface area contributed by atoms with E-state index in [1.165, 1.54) is 11.1 Å². The van der Waals surface area contributed by atoms with E-state index in [0.717, 1.165) is 18.5 Å². The van der Waals surface area contributed by atoms with E-state index in [4.69, 9.17) is 0 Å². The molecule has 2 N–H and O–H groups in total. The van der Waals surface area contributed by atoms with Crippen LogP contribution in [0.15, 0.2) is 30.6 Å². The Morgan fingerprint density at radius 1 is 1.47 bits per heavy atom. The maximum absolute atomic E-state index is 9.44. The standard InChI is InChI=1S/C13H15N3O/c1-16-8-10(7-14-16)15-13-5-2-9-6-11(17)3-4-12(9)13/h3-4,6-8,13,15,17H,2,5H2,1H3. The molecule has 0 saturated heterocycles. The van der Waals surface area contributed by atoms with Gasteiger partial charge in [-0.3, -0.25) is 4.68 Å². The van der Waals surface area contributed by atoms with Gasteiger partial charge in [0.05, 0.1) is 17.9 Å². The molecule has 4 nitrogen and oxygen atoms in total. The number of benzene rings is 1. The van der Waals surface area contributed by atoms with Crippen molar-refractivity contribution < 1.29 is 5.11 Å². The maximum atomic E-state index is 9.44. The lowest BCUT2D eigenvalue weighted by Crippen LogP contribution is -2.06. The van der Waals surface area contributed by atoms with Gasteiger partial charge >= 0.3 is 0 Å². The van der Waals surface area contributed by atoms with Crippen molar-refractivity contribution in [3.63, 3.8) is 0 Å². The number of aromatic nitrogens is 2. The van der Waals surface area contributed by atoms with Crippen molar-refractivity contribution in [1.82, 2.24) is 9.78 Å². The van der Waals surface area contributed by atoms with E-state index in [0.29, 0.717) is 11.8 Å². The highest BCUT2D eigenvalue weighted by Gasteiger charge is 2.22. The van der Waals surface area contributed by atoms with Gasteiger partial charge in [-0.25, -0.2) is 0 Å². The normalized spacial score (nSPS) is 18.1. The third kappa shape index (κ3) is 1.86. The summed E-state index contributed by atoms with van der Waals surface area (Å²) in [7, 11) is 1.91. The van der Waals surface area contributed by atoms with Crippen LogP contribution >= 0.6 is 0 Å². The second-order valence-corrected chi connectivity index (χ2v) is 4.52. The molecule has 1 aromatic heterocycles. The molecule has 3 rings (SSSR count). The molecule has 0 amide bonds. The van der Waals surface area contributed by atoms with Gasteiger partial charge in [-0.15, -0.1) is 0 Å². The Kier molecular flexibility index (Phi) is 2.28. The molecule has 0 bridgehead atoms. The second kappa shape index (κ2) is 3.80. The number of aromatic hydroxyl groups is 1. The monoisotopic (exact) mass is 229 g/mol. The van der Waals surface area contributed by atoms with Gasteiger partial charge in [0.1, 0.15) is 5.75 Å². The molecule has 1 aliphatic carbocycles. The van der Waals surface area contributed by atoms with Crippen LogP contribution in [0.3, 0.4) is 0 Å². The molecule has 88 valence electrons. The zero-order valence-electron chi connectivity index (χ0n) is 9.72. The number of phenolic OH excluding ortho intramolecular Hbond substituents is 1. The first kappa shape index (κ1) is 10.2. The van der Waals surface area contributed by atoms with Crippen molar-refractivity contribution in [2.24, 2.45) is 7.05 Å². The van der Waals surface area contributed by atoms with Gasteiger partial charge in [-0.05, 0) is 36.1 Å². The van der Waals surface area contributed by atoms with Gasteiger partial charge in [0.2, 0.25) is 0 Å². The summed E-state index contributed by atoms with van der Waals surface area (Å²) in [6.07, 6.45) is 5.88. The molecule has 1 atom stereocenters. The fourth-order valence-corrected chi connectivity index (χ4v) is 2.45. The number of nitrogens with zero attached hydrogens (tertiary/aromatic N) is 2. The number of phenols is 1. The lowest BCUT2D eigenvalue weighted by Gasteiger charge is -2.13. The number of nitrogens with one attached hydrogen (secondary N) is 1. The first-order valence-electron chi connectivity index (χ1n) is 5.79. The van der Waals surface area contributed by atoms with Gasteiger partial charge in [0.15, 0.2) is 0 Å². The number of hydrogen-bond donors (Lipinski definition) is 2. The molecule has 0 radical (unpaired) electrons. The van der Waals surface area contributed by atoms with E-state index in [2.05, 4.69) is 10.4 Å². The van der Waals surface area contributed by atoms with Crippen LogP contribution < -0.4 is 5.32 Å². The highest BCUT2D eigenvalue weighted by Crippen LogP contribution is 2.35. The van der Waals surface area contributed by atoms with Crippen molar-refractivity contribution in [1.29, 1.82) is 0 Å². The Labute approximate surface area is 99.9 Å². The van der Waals surface area contributed by atoms with E-state index >= 15 is 0 Å². The molecule has 1 aromatic carbocycles. The summed E-state index contributed by atoms with van der Waals surface area (Å²) in [5, 5.41) is 17.1.